The zero-order chi connectivity index (χ0) is 15.5. The number of thiazole rings is 1. The van der Waals surface area contributed by atoms with E-state index >= 15 is 0 Å². The van der Waals surface area contributed by atoms with Gasteiger partial charge < -0.3 is 5.32 Å². The Bertz CT molecular complexity index is 823. The quantitative estimate of drug-likeness (QED) is 0.804. The number of carbonyl (C=O) groups is 1. The van der Waals surface area contributed by atoms with Gasteiger partial charge in [-0.15, -0.1) is 11.3 Å². The van der Waals surface area contributed by atoms with Gasteiger partial charge in [-0.1, -0.05) is 0 Å². The number of fused-ring (bicyclic) bond motifs is 1. The molecule has 3 heterocycles. The Kier molecular flexibility index (Phi) is 4.11. The van der Waals surface area contributed by atoms with Crippen molar-refractivity contribution in [2.24, 2.45) is 0 Å². The summed E-state index contributed by atoms with van der Waals surface area (Å²) in [5, 5.41) is 4.79. The topological polar surface area (TPSA) is 67.8 Å². The number of hydrogen-bond acceptors (Lipinski definition) is 5. The average Bonchev–Trinajstić information content (AvgIpc) is 2.84. The summed E-state index contributed by atoms with van der Waals surface area (Å²) in [6.45, 7) is 4.59. The lowest BCUT2D eigenvalue weighted by Crippen LogP contribution is -2.26. The Morgan fingerprint density at radius 2 is 2.14 bits per heavy atom. The van der Waals surface area contributed by atoms with Gasteiger partial charge in [-0.05, 0) is 26.0 Å². The lowest BCUT2D eigenvalue weighted by atomic mass is 10.1. The predicted molar refractivity (Wildman–Crippen MR) is 87.2 cm³/mol. The van der Waals surface area contributed by atoms with Crippen molar-refractivity contribution in [3.63, 3.8) is 0 Å². The van der Waals surface area contributed by atoms with Crippen LogP contribution in [-0.4, -0.2) is 27.4 Å². The van der Waals surface area contributed by atoms with E-state index in [1.807, 2.05) is 13.8 Å². The number of nitrogens with one attached hydrogen (secondary N) is 1. The van der Waals surface area contributed by atoms with Gasteiger partial charge in [0, 0.05) is 41.8 Å². The molecule has 0 aliphatic carbocycles. The maximum absolute atomic E-state index is 12.4. The summed E-state index contributed by atoms with van der Waals surface area (Å²) in [4.78, 5) is 26.3. The van der Waals surface area contributed by atoms with Gasteiger partial charge in [-0.25, -0.2) is 4.98 Å². The first-order valence-corrected chi connectivity index (χ1v) is 7.86. The van der Waals surface area contributed by atoms with Crippen LogP contribution in [0.1, 0.15) is 25.9 Å². The van der Waals surface area contributed by atoms with Crippen molar-refractivity contribution in [1.29, 1.82) is 0 Å². The molecule has 3 rings (SSSR count). The van der Waals surface area contributed by atoms with E-state index in [9.17, 15) is 4.79 Å². The Balaban J connectivity index is 1.70. The second-order valence-electron chi connectivity index (χ2n) is 5.00. The monoisotopic (exact) mass is 312 g/mol. The molecule has 5 nitrogen and oxygen atoms in total. The van der Waals surface area contributed by atoms with Crippen molar-refractivity contribution < 1.29 is 4.79 Å². The number of nitrogens with zero attached hydrogens (tertiary/aromatic N) is 3. The van der Waals surface area contributed by atoms with Crippen molar-refractivity contribution >= 4 is 28.1 Å². The first kappa shape index (κ1) is 14.6. The molecule has 0 radical (unpaired) electrons. The number of rotatable bonds is 4. The van der Waals surface area contributed by atoms with Gasteiger partial charge in [0.05, 0.1) is 21.8 Å². The third-order valence-corrected chi connectivity index (χ3v) is 4.56. The molecule has 1 amide bonds. The summed E-state index contributed by atoms with van der Waals surface area (Å²) in [5.41, 5.74) is 2.43. The maximum atomic E-state index is 12.4. The highest BCUT2D eigenvalue weighted by Crippen LogP contribution is 2.18. The Morgan fingerprint density at radius 1 is 1.27 bits per heavy atom. The van der Waals surface area contributed by atoms with Crippen LogP contribution in [0.25, 0.3) is 10.9 Å². The van der Waals surface area contributed by atoms with E-state index in [4.69, 9.17) is 0 Å². The van der Waals surface area contributed by atoms with Crippen LogP contribution in [0.2, 0.25) is 0 Å². The van der Waals surface area contributed by atoms with Crippen molar-refractivity contribution in [2.75, 3.05) is 6.54 Å². The third-order valence-electron chi connectivity index (χ3n) is 3.42. The third kappa shape index (κ3) is 2.96. The zero-order valence-corrected chi connectivity index (χ0v) is 13.3. The molecule has 0 unspecified atom stereocenters. The molecule has 0 aliphatic heterocycles. The molecule has 3 aromatic heterocycles. The molecule has 0 fully saturated rings. The second kappa shape index (κ2) is 6.19. The summed E-state index contributed by atoms with van der Waals surface area (Å²) in [5.74, 6) is -0.0979. The summed E-state index contributed by atoms with van der Waals surface area (Å²) >= 11 is 1.68. The lowest BCUT2D eigenvalue weighted by molar-refractivity contribution is 0.0955. The van der Waals surface area contributed by atoms with E-state index in [0.29, 0.717) is 12.1 Å². The Labute approximate surface area is 132 Å². The summed E-state index contributed by atoms with van der Waals surface area (Å²) in [6, 6.07) is 3.52. The smallest absolute Gasteiger partial charge is 0.252 e. The van der Waals surface area contributed by atoms with Crippen LogP contribution < -0.4 is 5.32 Å². The van der Waals surface area contributed by atoms with Gasteiger partial charge in [-0.2, -0.15) is 0 Å². The van der Waals surface area contributed by atoms with Crippen LogP contribution >= 0.6 is 11.3 Å². The number of amides is 1. The molecule has 0 aromatic carbocycles. The first-order valence-electron chi connectivity index (χ1n) is 7.05. The predicted octanol–water partition coefficient (Wildman–Crippen LogP) is 2.68. The summed E-state index contributed by atoms with van der Waals surface area (Å²) in [6.07, 6.45) is 5.79. The summed E-state index contributed by atoms with van der Waals surface area (Å²) in [7, 11) is 0. The van der Waals surface area contributed by atoms with Gasteiger partial charge in [0.1, 0.15) is 0 Å². The normalized spacial score (nSPS) is 10.8. The second-order valence-corrected chi connectivity index (χ2v) is 6.29. The molecular formula is C16H16N4OS. The number of aryl methyl sites for hydroxylation is 2. The van der Waals surface area contributed by atoms with Gasteiger partial charge in [-0.3, -0.25) is 14.8 Å². The molecular weight excluding hydrogens is 296 g/mol. The fourth-order valence-corrected chi connectivity index (χ4v) is 3.31. The minimum atomic E-state index is -0.0979. The van der Waals surface area contributed by atoms with Crippen LogP contribution in [0, 0.1) is 13.8 Å². The number of pyridine rings is 2. The molecule has 3 aromatic rings. The van der Waals surface area contributed by atoms with E-state index in [-0.39, 0.29) is 5.91 Å². The first-order chi connectivity index (χ1) is 10.6. The Morgan fingerprint density at radius 3 is 2.91 bits per heavy atom. The molecule has 0 saturated heterocycles. The van der Waals surface area contributed by atoms with Crippen LogP contribution in [0.15, 0.2) is 30.7 Å². The highest BCUT2D eigenvalue weighted by molar-refractivity contribution is 7.11. The number of carbonyl (C=O) groups excluding carboxylic acids is 1. The summed E-state index contributed by atoms with van der Waals surface area (Å²) < 4.78 is 0. The fraction of sp³-hybridized carbons (Fsp3) is 0.250. The minimum Gasteiger partial charge on any atom is -0.352 e. The van der Waals surface area contributed by atoms with Gasteiger partial charge >= 0.3 is 0 Å². The van der Waals surface area contributed by atoms with E-state index in [1.54, 1.807) is 42.1 Å². The fourth-order valence-electron chi connectivity index (χ4n) is 2.38. The van der Waals surface area contributed by atoms with Gasteiger partial charge in [0.25, 0.3) is 5.91 Å². The molecule has 112 valence electrons. The SMILES string of the molecule is Cc1nc(C)c(CCNC(=O)c2ccnc3ccncc23)s1. The van der Waals surface area contributed by atoms with Crippen LogP contribution in [0.3, 0.4) is 0 Å². The molecule has 0 spiro atoms. The van der Waals surface area contributed by atoms with Crippen LogP contribution in [-0.2, 0) is 6.42 Å². The van der Waals surface area contributed by atoms with Crippen molar-refractivity contribution in [3.05, 3.63) is 51.9 Å². The molecule has 1 N–H and O–H groups in total. The molecule has 6 heteroatoms. The van der Waals surface area contributed by atoms with Gasteiger partial charge in [0.2, 0.25) is 0 Å². The Hall–Kier alpha value is -2.34. The highest BCUT2D eigenvalue weighted by atomic mass is 32.1. The molecule has 0 atom stereocenters. The highest BCUT2D eigenvalue weighted by Gasteiger charge is 2.11. The molecule has 22 heavy (non-hydrogen) atoms. The number of aromatic nitrogens is 3. The van der Waals surface area contributed by atoms with Crippen molar-refractivity contribution in [1.82, 2.24) is 20.3 Å². The van der Waals surface area contributed by atoms with Crippen LogP contribution in [0.5, 0.6) is 0 Å². The van der Waals surface area contributed by atoms with E-state index in [0.717, 1.165) is 28.0 Å². The number of hydrogen-bond donors (Lipinski definition) is 1. The van der Waals surface area contributed by atoms with E-state index in [2.05, 4.69) is 20.3 Å². The van der Waals surface area contributed by atoms with Crippen LogP contribution in [0.4, 0.5) is 0 Å². The largest absolute Gasteiger partial charge is 0.352 e. The lowest BCUT2D eigenvalue weighted by Gasteiger charge is -2.07. The van der Waals surface area contributed by atoms with E-state index < -0.39 is 0 Å². The molecule has 0 saturated carbocycles. The standard InChI is InChI=1S/C16H16N4OS/c1-10-15(22-11(2)20-10)5-8-19-16(21)12-3-7-18-14-4-6-17-9-13(12)14/h3-4,6-7,9H,5,8H2,1-2H3,(H,19,21). The van der Waals surface area contributed by atoms with Gasteiger partial charge in [0.15, 0.2) is 0 Å². The molecule has 0 aliphatic rings. The minimum absolute atomic E-state index is 0.0979. The zero-order valence-electron chi connectivity index (χ0n) is 12.5. The molecule has 0 bridgehead atoms. The maximum Gasteiger partial charge on any atom is 0.252 e. The van der Waals surface area contributed by atoms with Crippen molar-refractivity contribution in [2.45, 2.75) is 20.3 Å². The van der Waals surface area contributed by atoms with E-state index in [1.165, 1.54) is 4.88 Å². The van der Waals surface area contributed by atoms with Crippen molar-refractivity contribution in [3.8, 4) is 0 Å². The average molecular weight is 312 g/mol.